The second-order valence-corrected chi connectivity index (χ2v) is 3.38. The molecule has 0 spiro atoms. The summed E-state index contributed by atoms with van der Waals surface area (Å²) in [5.41, 5.74) is 6.75. The Morgan fingerprint density at radius 3 is 2.87 bits per heavy atom. The average Bonchev–Trinajstić information content (AvgIpc) is 2.25. The van der Waals surface area contributed by atoms with Gasteiger partial charge in [0.15, 0.2) is 12.0 Å². The molecule has 0 radical (unpaired) electrons. The van der Waals surface area contributed by atoms with Gasteiger partial charge < -0.3 is 11.1 Å². The number of amidine groups is 1. The van der Waals surface area contributed by atoms with E-state index >= 15 is 0 Å². The van der Waals surface area contributed by atoms with Crippen molar-refractivity contribution in [3.8, 4) is 0 Å². The molecule has 1 atom stereocenters. The zero-order valence-corrected chi connectivity index (χ0v) is 9.57. The minimum atomic E-state index is -0.103. The Bertz CT molecular complexity index is 344. The Morgan fingerprint density at radius 2 is 2.33 bits per heavy atom. The average molecular weight is 207 g/mol. The summed E-state index contributed by atoms with van der Waals surface area (Å²) in [5.74, 6) is 0.826. The summed E-state index contributed by atoms with van der Waals surface area (Å²) in [6.45, 7) is 4.91. The minimum Gasteiger partial charge on any atom is -0.350 e. The molecule has 0 aromatic carbocycles. The number of hydrogen-bond donors (Lipinski definition) is 2. The van der Waals surface area contributed by atoms with Crippen LogP contribution in [0.5, 0.6) is 0 Å². The zero-order valence-electron chi connectivity index (χ0n) is 9.57. The summed E-state index contributed by atoms with van der Waals surface area (Å²) in [6.07, 6.45) is 1.93. The van der Waals surface area contributed by atoms with Crippen LogP contribution in [0, 0.1) is 0 Å². The van der Waals surface area contributed by atoms with Gasteiger partial charge in [-0.2, -0.15) is 4.57 Å². The van der Waals surface area contributed by atoms with Crippen molar-refractivity contribution >= 4 is 5.84 Å². The molecular weight excluding hydrogens is 188 g/mol. The Morgan fingerprint density at radius 1 is 1.60 bits per heavy atom. The molecule has 1 rings (SSSR count). The van der Waals surface area contributed by atoms with Crippen LogP contribution in [0.1, 0.15) is 19.5 Å². The summed E-state index contributed by atoms with van der Waals surface area (Å²) >= 11 is 0. The molecule has 0 aliphatic heterocycles. The molecule has 0 saturated carbocycles. The van der Waals surface area contributed by atoms with Crippen LogP contribution in [0.15, 0.2) is 29.4 Å². The third-order valence-electron chi connectivity index (χ3n) is 2.11. The van der Waals surface area contributed by atoms with Crippen LogP contribution in [0.3, 0.4) is 0 Å². The highest BCUT2D eigenvalue weighted by atomic mass is 15.1. The number of hydrogen-bond acceptors (Lipinski definition) is 2. The zero-order chi connectivity index (χ0) is 11.3. The third kappa shape index (κ3) is 3.02. The van der Waals surface area contributed by atoms with E-state index in [1.165, 1.54) is 0 Å². The molecule has 0 aliphatic carbocycles. The van der Waals surface area contributed by atoms with E-state index < -0.39 is 0 Å². The summed E-state index contributed by atoms with van der Waals surface area (Å²) in [7, 11) is 1.76. The third-order valence-corrected chi connectivity index (χ3v) is 2.11. The predicted octanol–water partition coefficient (Wildman–Crippen LogP) is 0.265. The van der Waals surface area contributed by atoms with Crippen LogP contribution in [0.25, 0.3) is 0 Å². The standard InChI is InChI=1S/C11H19N4/c1-4-15-8-6-5-7-10(15)11(13-3)14-9(2)12/h5-9H,4,12H2,1-3H3,(H,13,14)/q+1. The van der Waals surface area contributed by atoms with E-state index in [4.69, 9.17) is 5.73 Å². The van der Waals surface area contributed by atoms with E-state index in [1.54, 1.807) is 7.05 Å². The molecule has 1 unspecified atom stereocenters. The van der Waals surface area contributed by atoms with E-state index in [0.29, 0.717) is 0 Å². The first-order valence-corrected chi connectivity index (χ1v) is 5.16. The number of aliphatic imine (C=N–C) groups is 1. The Hall–Kier alpha value is -1.42. The fourth-order valence-corrected chi connectivity index (χ4v) is 1.44. The number of nitrogens with two attached hydrogens (primary N) is 1. The van der Waals surface area contributed by atoms with E-state index in [-0.39, 0.29) is 6.17 Å². The van der Waals surface area contributed by atoms with Gasteiger partial charge >= 0.3 is 0 Å². The molecule has 15 heavy (non-hydrogen) atoms. The lowest BCUT2D eigenvalue weighted by atomic mass is 10.3. The van der Waals surface area contributed by atoms with Crippen LogP contribution in [0.4, 0.5) is 0 Å². The molecule has 1 aromatic heterocycles. The normalized spacial score (nSPS) is 13.7. The predicted molar refractivity (Wildman–Crippen MR) is 61.6 cm³/mol. The lowest BCUT2D eigenvalue weighted by molar-refractivity contribution is -0.694. The first-order chi connectivity index (χ1) is 7.19. The molecule has 0 fully saturated rings. The minimum absolute atomic E-state index is 0.103. The summed E-state index contributed by atoms with van der Waals surface area (Å²) in [4.78, 5) is 4.21. The van der Waals surface area contributed by atoms with Gasteiger partial charge in [0.25, 0.3) is 0 Å². The van der Waals surface area contributed by atoms with E-state index in [1.807, 2.05) is 31.3 Å². The maximum absolute atomic E-state index is 5.70. The van der Waals surface area contributed by atoms with Crippen LogP contribution in [-0.4, -0.2) is 19.0 Å². The molecular formula is C11H19N4+. The van der Waals surface area contributed by atoms with Crippen LogP contribution < -0.4 is 15.6 Å². The molecule has 0 saturated heterocycles. The maximum Gasteiger partial charge on any atom is 0.247 e. The first kappa shape index (κ1) is 11.7. The van der Waals surface area contributed by atoms with Gasteiger partial charge in [-0.3, -0.25) is 4.99 Å². The lowest BCUT2D eigenvalue weighted by Gasteiger charge is -2.11. The number of nitrogens with one attached hydrogen (secondary N) is 1. The van der Waals surface area contributed by atoms with Crippen LogP contribution in [0.2, 0.25) is 0 Å². The van der Waals surface area contributed by atoms with E-state index in [9.17, 15) is 0 Å². The first-order valence-electron chi connectivity index (χ1n) is 5.16. The highest BCUT2D eigenvalue weighted by Gasteiger charge is 2.14. The van der Waals surface area contributed by atoms with Crippen molar-refractivity contribution in [1.82, 2.24) is 5.32 Å². The number of aromatic nitrogens is 1. The summed E-state index contributed by atoms with van der Waals surface area (Å²) in [6, 6.07) is 6.03. The molecule has 0 bridgehead atoms. The fraction of sp³-hybridized carbons (Fsp3) is 0.455. The molecule has 3 N–H and O–H groups in total. The lowest BCUT2D eigenvalue weighted by Crippen LogP contribution is -2.47. The van der Waals surface area contributed by atoms with Gasteiger partial charge in [0.1, 0.15) is 6.54 Å². The molecule has 0 amide bonds. The van der Waals surface area contributed by atoms with Gasteiger partial charge in [-0.05, 0) is 19.9 Å². The van der Waals surface area contributed by atoms with Crippen molar-refractivity contribution in [2.75, 3.05) is 7.05 Å². The van der Waals surface area contributed by atoms with E-state index in [0.717, 1.165) is 18.1 Å². The van der Waals surface area contributed by atoms with Crippen LogP contribution >= 0.6 is 0 Å². The Balaban J connectivity index is 3.02. The smallest absolute Gasteiger partial charge is 0.247 e. The monoisotopic (exact) mass is 207 g/mol. The van der Waals surface area contributed by atoms with Crippen molar-refractivity contribution in [1.29, 1.82) is 0 Å². The number of rotatable bonds is 3. The molecule has 1 heterocycles. The summed E-state index contributed by atoms with van der Waals surface area (Å²) < 4.78 is 2.12. The van der Waals surface area contributed by atoms with Gasteiger partial charge in [-0.15, -0.1) is 0 Å². The molecule has 1 aromatic rings. The largest absolute Gasteiger partial charge is 0.350 e. The van der Waals surface area contributed by atoms with Crippen molar-refractivity contribution in [3.63, 3.8) is 0 Å². The van der Waals surface area contributed by atoms with Crippen molar-refractivity contribution in [2.24, 2.45) is 10.7 Å². The second-order valence-electron chi connectivity index (χ2n) is 3.38. The van der Waals surface area contributed by atoms with Gasteiger partial charge in [0.2, 0.25) is 5.69 Å². The Labute approximate surface area is 90.8 Å². The van der Waals surface area contributed by atoms with Crippen molar-refractivity contribution in [3.05, 3.63) is 30.1 Å². The highest BCUT2D eigenvalue weighted by Crippen LogP contribution is 1.93. The molecule has 4 heteroatoms. The molecule has 4 nitrogen and oxygen atoms in total. The van der Waals surface area contributed by atoms with Crippen molar-refractivity contribution < 1.29 is 4.57 Å². The van der Waals surface area contributed by atoms with E-state index in [2.05, 4.69) is 21.8 Å². The molecule has 0 aliphatic rings. The van der Waals surface area contributed by atoms with Gasteiger partial charge in [0, 0.05) is 19.2 Å². The maximum atomic E-state index is 5.70. The van der Waals surface area contributed by atoms with Crippen LogP contribution in [-0.2, 0) is 6.54 Å². The number of nitrogens with zero attached hydrogens (tertiary/aromatic N) is 2. The van der Waals surface area contributed by atoms with Gasteiger partial charge in [0.05, 0.1) is 6.17 Å². The van der Waals surface area contributed by atoms with Gasteiger partial charge in [-0.1, -0.05) is 0 Å². The SMILES string of the molecule is CC[n+]1ccccc1C(=NC)NC(C)N. The molecule has 82 valence electrons. The van der Waals surface area contributed by atoms with Gasteiger partial charge in [-0.25, -0.2) is 0 Å². The number of aryl methyl sites for hydroxylation is 1. The number of pyridine rings is 1. The Kier molecular flexibility index (Phi) is 4.24. The van der Waals surface area contributed by atoms with Crippen molar-refractivity contribution in [2.45, 2.75) is 26.6 Å². The topological polar surface area (TPSA) is 54.3 Å². The summed E-state index contributed by atoms with van der Waals surface area (Å²) in [5, 5.41) is 3.13. The quantitative estimate of drug-likeness (QED) is 0.323. The fourth-order valence-electron chi connectivity index (χ4n) is 1.44. The highest BCUT2D eigenvalue weighted by molar-refractivity contribution is 5.95. The second kappa shape index (κ2) is 5.46.